The Morgan fingerprint density at radius 3 is 3.06 bits per heavy atom. The van der Waals surface area contributed by atoms with Crippen molar-refractivity contribution in [3.05, 3.63) is 42.2 Å². The van der Waals surface area contributed by atoms with Crippen molar-refractivity contribution in [3.8, 4) is 0 Å². The van der Waals surface area contributed by atoms with E-state index in [1.807, 2.05) is 57.7 Å². The zero-order valence-corrected chi connectivity index (χ0v) is 10.5. The number of amides is 1. The van der Waals surface area contributed by atoms with Crippen LogP contribution < -0.4 is 0 Å². The summed E-state index contributed by atoms with van der Waals surface area (Å²) in [6.07, 6.45) is 3.88. The highest BCUT2D eigenvalue weighted by Crippen LogP contribution is 2.25. The van der Waals surface area contributed by atoms with Gasteiger partial charge in [0.05, 0.1) is 10.9 Å². The predicted molar refractivity (Wildman–Crippen MR) is 70.4 cm³/mol. The van der Waals surface area contributed by atoms with Crippen molar-refractivity contribution in [2.24, 2.45) is 0 Å². The number of carbonyl (C=O) groups is 1. The van der Waals surface area contributed by atoms with Crippen LogP contribution in [0.3, 0.4) is 0 Å². The molecule has 1 aliphatic heterocycles. The molecule has 2 aromatic rings. The van der Waals surface area contributed by atoms with Crippen LogP contribution in [0.25, 0.3) is 5.52 Å². The largest absolute Gasteiger partial charge is 0.326 e. The van der Waals surface area contributed by atoms with Gasteiger partial charge in [0.25, 0.3) is 5.91 Å². The average Bonchev–Trinajstić information content (AvgIpc) is 2.93. The molecule has 1 atom stereocenters. The van der Waals surface area contributed by atoms with Crippen LogP contribution >= 0.6 is 11.8 Å². The first-order valence-corrected chi connectivity index (χ1v) is 6.80. The lowest BCUT2D eigenvalue weighted by Gasteiger charge is -2.19. The van der Waals surface area contributed by atoms with Crippen molar-refractivity contribution >= 4 is 23.2 Å². The van der Waals surface area contributed by atoms with E-state index in [0.717, 1.165) is 23.4 Å². The summed E-state index contributed by atoms with van der Waals surface area (Å²) in [5.74, 6) is 1.19. The van der Waals surface area contributed by atoms with E-state index in [9.17, 15) is 4.79 Å². The number of hydrogen-bond donors (Lipinski definition) is 0. The van der Waals surface area contributed by atoms with E-state index in [1.165, 1.54) is 0 Å². The van der Waals surface area contributed by atoms with Crippen LogP contribution in [0.4, 0.5) is 0 Å². The first-order valence-electron chi connectivity index (χ1n) is 5.75. The molecule has 1 fully saturated rings. The SMILES string of the molecule is CC1SCCN1C(=O)c1cc2ccccn2c1. The third-order valence-corrected chi connectivity index (χ3v) is 4.30. The number of pyridine rings is 1. The molecule has 0 radical (unpaired) electrons. The van der Waals surface area contributed by atoms with E-state index >= 15 is 0 Å². The molecular formula is C13H14N2OS. The molecule has 0 saturated carbocycles. The van der Waals surface area contributed by atoms with Crippen molar-refractivity contribution in [2.45, 2.75) is 12.3 Å². The molecule has 1 amide bonds. The summed E-state index contributed by atoms with van der Waals surface area (Å²) >= 11 is 1.83. The van der Waals surface area contributed by atoms with Crippen molar-refractivity contribution in [3.63, 3.8) is 0 Å². The molecule has 4 heteroatoms. The number of carbonyl (C=O) groups excluding carboxylic acids is 1. The van der Waals surface area contributed by atoms with Gasteiger partial charge in [0.2, 0.25) is 0 Å². The number of rotatable bonds is 1. The van der Waals surface area contributed by atoms with E-state index in [-0.39, 0.29) is 5.91 Å². The van der Waals surface area contributed by atoms with E-state index in [1.54, 1.807) is 0 Å². The smallest absolute Gasteiger partial charge is 0.256 e. The zero-order chi connectivity index (χ0) is 11.8. The molecule has 0 spiro atoms. The molecule has 17 heavy (non-hydrogen) atoms. The second-order valence-electron chi connectivity index (χ2n) is 4.23. The molecule has 1 saturated heterocycles. The Hall–Kier alpha value is -1.42. The monoisotopic (exact) mass is 246 g/mol. The van der Waals surface area contributed by atoms with Crippen LogP contribution in [0.2, 0.25) is 0 Å². The Morgan fingerprint density at radius 1 is 1.47 bits per heavy atom. The molecular weight excluding hydrogens is 232 g/mol. The van der Waals surface area contributed by atoms with Crippen LogP contribution in [0.15, 0.2) is 36.7 Å². The number of fused-ring (bicyclic) bond motifs is 1. The van der Waals surface area contributed by atoms with Crippen molar-refractivity contribution in [2.75, 3.05) is 12.3 Å². The fraction of sp³-hybridized carbons (Fsp3) is 0.308. The van der Waals surface area contributed by atoms with Crippen molar-refractivity contribution < 1.29 is 4.79 Å². The Bertz CT molecular complexity index is 530. The Kier molecular flexibility index (Phi) is 2.59. The van der Waals surface area contributed by atoms with Gasteiger partial charge in [-0.2, -0.15) is 0 Å². The molecule has 2 aromatic heterocycles. The van der Waals surface area contributed by atoms with Gasteiger partial charge in [-0.05, 0) is 25.1 Å². The third-order valence-electron chi connectivity index (χ3n) is 3.14. The number of nitrogens with zero attached hydrogens (tertiary/aromatic N) is 2. The minimum absolute atomic E-state index is 0.145. The van der Waals surface area contributed by atoms with Crippen LogP contribution in [-0.4, -0.2) is 32.9 Å². The molecule has 0 bridgehead atoms. The van der Waals surface area contributed by atoms with E-state index in [4.69, 9.17) is 0 Å². The minimum Gasteiger partial charge on any atom is -0.326 e. The fourth-order valence-corrected chi connectivity index (χ4v) is 3.22. The molecule has 3 rings (SSSR count). The number of aromatic nitrogens is 1. The van der Waals surface area contributed by atoms with E-state index in [0.29, 0.717) is 5.37 Å². The van der Waals surface area contributed by atoms with Crippen LogP contribution in [-0.2, 0) is 0 Å². The topological polar surface area (TPSA) is 24.7 Å². The highest BCUT2D eigenvalue weighted by Gasteiger charge is 2.26. The molecule has 1 aliphatic rings. The summed E-state index contributed by atoms with van der Waals surface area (Å²) in [6, 6.07) is 7.92. The zero-order valence-electron chi connectivity index (χ0n) is 9.67. The summed E-state index contributed by atoms with van der Waals surface area (Å²) in [4.78, 5) is 14.3. The van der Waals surface area contributed by atoms with Gasteiger partial charge in [-0.3, -0.25) is 4.79 Å². The molecule has 0 aromatic carbocycles. The summed E-state index contributed by atoms with van der Waals surface area (Å²) in [7, 11) is 0. The lowest BCUT2D eigenvalue weighted by molar-refractivity contribution is 0.0769. The summed E-state index contributed by atoms with van der Waals surface area (Å²) in [5.41, 5.74) is 1.85. The number of hydrogen-bond acceptors (Lipinski definition) is 2. The average molecular weight is 246 g/mol. The van der Waals surface area contributed by atoms with Gasteiger partial charge < -0.3 is 9.30 Å². The first-order chi connectivity index (χ1) is 8.25. The Labute approximate surface area is 104 Å². The molecule has 0 N–H and O–H groups in total. The maximum Gasteiger partial charge on any atom is 0.256 e. The Balaban J connectivity index is 1.95. The number of thioether (sulfide) groups is 1. The van der Waals surface area contributed by atoms with Crippen molar-refractivity contribution in [1.29, 1.82) is 0 Å². The lowest BCUT2D eigenvalue weighted by atomic mass is 10.2. The minimum atomic E-state index is 0.145. The van der Waals surface area contributed by atoms with Crippen LogP contribution in [0.5, 0.6) is 0 Å². The maximum absolute atomic E-state index is 12.3. The third kappa shape index (κ3) is 1.82. The second-order valence-corrected chi connectivity index (χ2v) is 5.65. The summed E-state index contributed by atoms with van der Waals surface area (Å²) in [6.45, 7) is 2.95. The first kappa shape index (κ1) is 10.7. The van der Waals surface area contributed by atoms with Gasteiger partial charge in [-0.25, -0.2) is 0 Å². The lowest BCUT2D eigenvalue weighted by Crippen LogP contribution is -2.32. The van der Waals surface area contributed by atoms with Gasteiger partial charge in [-0.15, -0.1) is 11.8 Å². The molecule has 0 aliphatic carbocycles. The van der Waals surface area contributed by atoms with Crippen LogP contribution in [0, 0.1) is 0 Å². The van der Waals surface area contributed by atoms with Gasteiger partial charge >= 0.3 is 0 Å². The van der Waals surface area contributed by atoms with Gasteiger partial charge in [0, 0.05) is 30.2 Å². The summed E-state index contributed by atoms with van der Waals surface area (Å²) < 4.78 is 1.99. The predicted octanol–water partition coefficient (Wildman–Crippen LogP) is 2.47. The standard InChI is InChI=1S/C13H14N2OS/c1-10-15(6-7-17-10)13(16)11-8-12-4-2-3-5-14(12)9-11/h2-5,8-10H,6-7H2,1H3. The van der Waals surface area contributed by atoms with Crippen molar-refractivity contribution in [1.82, 2.24) is 9.30 Å². The second kappa shape index (κ2) is 4.11. The van der Waals surface area contributed by atoms with Gasteiger partial charge in [0.1, 0.15) is 0 Å². The quantitative estimate of drug-likeness (QED) is 0.772. The van der Waals surface area contributed by atoms with E-state index in [2.05, 4.69) is 6.92 Å². The van der Waals surface area contributed by atoms with Gasteiger partial charge in [0.15, 0.2) is 0 Å². The highest BCUT2D eigenvalue weighted by molar-refractivity contribution is 8.00. The molecule has 1 unspecified atom stereocenters. The fourth-order valence-electron chi connectivity index (χ4n) is 2.20. The highest BCUT2D eigenvalue weighted by atomic mass is 32.2. The summed E-state index contributed by atoms with van der Waals surface area (Å²) in [5, 5.41) is 0.297. The normalized spacial score (nSPS) is 20.1. The molecule has 3 heterocycles. The van der Waals surface area contributed by atoms with Gasteiger partial charge in [-0.1, -0.05) is 6.07 Å². The Morgan fingerprint density at radius 2 is 2.35 bits per heavy atom. The molecule has 88 valence electrons. The maximum atomic E-state index is 12.3. The van der Waals surface area contributed by atoms with Crippen LogP contribution in [0.1, 0.15) is 17.3 Å². The van der Waals surface area contributed by atoms with E-state index < -0.39 is 0 Å². The molecule has 3 nitrogen and oxygen atoms in total.